The third-order valence-electron chi connectivity index (χ3n) is 4.32. The van der Waals surface area contributed by atoms with Crippen LogP contribution in [0.3, 0.4) is 0 Å². The van der Waals surface area contributed by atoms with Gasteiger partial charge in [0, 0.05) is 18.6 Å². The Kier molecular flexibility index (Phi) is 5.53. The van der Waals surface area contributed by atoms with Gasteiger partial charge in [0.2, 0.25) is 0 Å². The number of carbonyl (C=O) groups is 1. The van der Waals surface area contributed by atoms with Gasteiger partial charge in [0.1, 0.15) is 12.7 Å². The van der Waals surface area contributed by atoms with Crippen molar-refractivity contribution in [2.75, 3.05) is 7.05 Å². The summed E-state index contributed by atoms with van der Waals surface area (Å²) in [5, 5.41) is 7.71. The Morgan fingerprint density at radius 3 is 2.50 bits per heavy atom. The summed E-state index contributed by atoms with van der Waals surface area (Å²) in [6, 6.07) is 15.1. The summed E-state index contributed by atoms with van der Waals surface area (Å²) < 4.78 is 1.69. The normalized spacial score (nSPS) is 11.8. The molecule has 3 rings (SSSR count). The fourth-order valence-electron chi connectivity index (χ4n) is 2.55. The van der Waals surface area contributed by atoms with Crippen LogP contribution in [0.5, 0.6) is 0 Å². The predicted octanol–water partition coefficient (Wildman–Crippen LogP) is 3.82. The van der Waals surface area contributed by atoms with E-state index in [1.807, 2.05) is 55.5 Å². The van der Waals surface area contributed by atoms with E-state index in [1.165, 1.54) is 6.33 Å². The number of amides is 2. The number of hydrogen-bond acceptors (Lipinski definition) is 3. The van der Waals surface area contributed by atoms with Crippen LogP contribution in [0.25, 0.3) is 5.69 Å². The second kappa shape index (κ2) is 8.01. The van der Waals surface area contributed by atoms with E-state index in [9.17, 15) is 4.79 Å². The molecule has 3 aromatic rings. The van der Waals surface area contributed by atoms with Gasteiger partial charge >= 0.3 is 6.03 Å². The minimum atomic E-state index is -0.132. The summed E-state index contributed by atoms with van der Waals surface area (Å²) in [5.74, 6) is 0. The topological polar surface area (TPSA) is 63.1 Å². The number of nitrogens with one attached hydrogen (secondary N) is 1. The Labute approximate surface area is 157 Å². The third kappa shape index (κ3) is 4.21. The molecule has 134 valence electrons. The smallest absolute Gasteiger partial charge is 0.317 e. The third-order valence-corrected chi connectivity index (χ3v) is 4.57. The van der Waals surface area contributed by atoms with Crippen molar-refractivity contribution < 1.29 is 4.79 Å². The zero-order valence-electron chi connectivity index (χ0n) is 14.6. The molecule has 2 amide bonds. The molecule has 1 atom stereocenters. The molecular weight excluding hydrogens is 350 g/mol. The van der Waals surface area contributed by atoms with Gasteiger partial charge in [-0.05, 0) is 42.3 Å². The Hall–Kier alpha value is -2.86. The lowest BCUT2D eigenvalue weighted by molar-refractivity contribution is 0.194. The predicted molar refractivity (Wildman–Crippen MR) is 101 cm³/mol. The van der Waals surface area contributed by atoms with E-state index >= 15 is 0 Å². The Bertz CT molecular complexity index is 847. The summed E-state index contributed by atoms with van der Waals surface area (Å²) >= 11 is 5.87. The van der Waals surface area contributed by atoms with Gasteiger partial charge < -0.3 is 10.2 Å². The van der Waals surface area contributed by atoms with Gasteiger partial charge in [-0.25, -0.2) is 14.5 Å². The molecule has 1 N–H and O–H groups in total. The molecule has 0 aliphatic carbocycles. The van der Waals surface area contributed by atoms with Gasteiger partial charge in [0.05, 0.1) is 11.7 Å². The zero-order valence-corrected chi connectivity index (χ0v) is 15.4. The number of urea groups is 1. The highest BCUT2D eigenvalue weighted by Crippen LogP contribution is 2.20. The highest BCUT2D eigenvalue weighted by atomic mass is 35.5. The van der Waals surface area contributed by atoms with Crippen LogP contribution < -0.4 is 5.32 Å². The lowest BCUT2D eigenvalue weighted by atomic mass is 10.1. The van der Waals surface area contributed by atoms with Crippen LogP contribution in [0.1, 0.15) is 24.1 Å². The maximum absolute atomic E-state index is 12.4. The average molecular weight is 370 g/mol. The summed E-state index contributed by atoms with van der Waals surface area (Å²) in [6.45, 7) is 2.45. The molecule has 1 heterocycles. The number of carbonyl (C=O) groups excluding carboxylic acids is 1. The summed E-state index contributed by atoms with van der Waals surface area (Å²) in [6.07, 6.45) is 3.14. The summed E-state index contributed by atoms with van der Waals surface area (Å²) in [5.41, 5.74) is 2.97. The van der Waals surface area contributed by atoms with Crippen LogP contribution >= 0.6 is 11.6 Å². The maximum Gasteiger partial charge on any atom is 0.317 e. The van der Waals surface area contributed by atoms with Crippen LogP contribution in [-0.4, -0.2) is 32.7 Å². The first kappa shape index (κ1) is 17.9. The number of benzene rings is 2. The fourth-order valence-corrected chi connectivity index (χ4v) is 2.68. The van der Waals surface area contributed by atoms with E-state index in [-0.39, 0.29) is 12.1 Å². The molecule has 0 radical (unpaired) electrons. The Balaban J connectivity index is 1.60. The van der Waals surface area contributed by atoms with Crippen molar-refractivity contribution in [2.24, 2.45) is 0 Å². The highest BCUT2D eigenvalue weighted by molar-refractivity contribution is 6.30. The van der Waals surface area contributed by atoms with Crippen molar-refractivity contribution >= 4 is 17.6 Å². The first-order chi connectivity index (χ1) is 12.5. The number of aromatic nitrogens is 3. The molecule has 0 saturated carbocycles. The van der Waals surface area contributed by atoms with Crippen molar-refractivity contribution in [3.63, 3.8) is 0 Å². The molecule has 0 aliphatic heterocycles. The minimum absolute atomic E-state index is 0.0648. The zero-order chi connectivity index (χ0) is 18.5. The van der Waals surface area contributed by atoms with Gasteiger partial charge in [-0.15, -0.1) is 0 Å². The molecule has 0 spiro atoms. The largest absolute Gasteiger partial charge is 0.334 e. The number of rotatable bonds is 5. The van der Waals surface area contributed by atoms with Crippen LogP contribution in [0.15, 0.2) is 61.2 Å². The molecule has 1 unspecified atom stereocenters. The average Bonchev–Trinajstić information content (AvgIpc) is 3.21. The van der Waals surface area contributed by atoms with Crippen LogP contribution in [0, 0.1) is 0 Å². The number of hydrogen-bond donors (Lipinski definition) is 1. The van der Waals surface area contributed by atoms with E-state index < -0.39 is 0 Å². The van der Waals surface area contributed by atoms with E-state index in [2.05, 4.69) is 15.4 Å². The van der Waals surface area contributed by atoms with E-state index in [0.29, 0.717) is 11.6 Å². The van der Waals surface area contributed by atoms with E-state index in [0.717, 1.165) is 16.8 Å². The van der Waals surface area contributed by atoms with Gasteiger partial charge in [0.25, 0.3) is 0 Å². The van der Waals surface area contributed by atoms with E-state index in [4.69, 9.17) is 11.6 Å². The molecule has 0 fully saturated rings. The lowest BCUT2D eigenvalue weighted by Crippen LogP contribution is -2.38. The van der Waals surface area contributed by atoms with Crippen molar-refractivity contribution in [1.29, 1.82) is 0 Å². The molecular formula is C19H20ClN5O. The van der Waals surface area contributed by atoms with Crippen molar-refractivity contribution in [3.8, 4) is 5.69 Å². The summed E-state index contributed by atoms with van der Waals surface area (Å²) in [7, 11) is 1.78. The van der Waals surface area contributed by atoms with Gasteiger partial charge in [0.15, 0.2) is 0 Å². The molecule has 26 heavy (non-hydrogen) atoms. The maximum atomic E-state index is 12.4. The molecule has 0 aliphatic rings. The van der Waals surface area contributed by atoms with Crippen molar-refractivity contribution in [2.45, 2.75) is 19.5 Å². The van der Waals surface area contributed by atoms with Gasteiger partial charge in [-0.2, -0.15) is 5.10 Å². The van der Waals surface area contributed by atoms with Crippen LogP contribution in [-0.2, 0) is 6.54 Å². The molecule has 0 saturated heterocycles. The first-order valence-electron chi connectivity index (χ1n) is 8.24. The van der Waals surface area contributed by atoms with Crippen molar-refractivity contribution in [3.05, 3.63) is 77.3 Å². The first-order valence-corrected chi connectivity index (χ1v) is 8.62. The molecule has 0 bridgehead atoms. The van der Waals surface area contributed by atoms with Gasteiger partial charge in [-0.1, -0.05) is 35.9 Å². The molecule has 1 aromatic heterocycles. The SMILES string of the molecule is CC(c1ccc(-n2cncn2)cc1)N(C)C(=O)NCc1ccc(Cl)cc1. The Morgan fingerprint density at radius 1 is 1.19 bits per heavy atom. The highest BCUT2D eigenvalue weighted by Gasteiger charge is 2.17. The quantitative estimate of drug-likeness (QED) is 0.743. The number of halogens is 1. The van der Waals surface area contributed by atoms with Crippen LogP contribution in [0.4, 0.5) is 4.79 Å². The molecule has 6 nitrogen and oxygen atoms in total. The Morgan fingerprint density at radius 2 is 1.88 bits per heavy atom. The molecule has 7 heteroatoms. The van der Waals surface area contributed by atoms with Gasteiger partial charge in [-0.3, -0.25) is 0 Å². The van der Waals surface area contributed by atoms with Crippen molar-refractivity contribution in [1.82, 2.24) is 25.0 Å². The summed E-state index contributed by atoms with van der Waals surface area (Å²) in [4.78, 5) is 18.0. The standard InChI is InChI=1S/C19H20ClN5O/c1-14(16-5-9-18(10-6-16)25-13-21-12-23-25)24(2)19(26)22-11-15-3-7-17(20)8-4-15/h3-10,12-14H,11H2,1-2H3,(H,22,26). The van der Waals surface area contributed by atoms with Crippen LogP contribution in [0.2, 0.25) is 5.02 Å². The lowest BCUT2D eigenvalue weighted by Gasteiger charge is -2.25. The second-order valence-electron chi connectivity index (χ2n) is 6.00. The number of nitrogens with zero attached hydrogens (tertiary/aromatic N) is 4. The second-order valence-corrected chi connectivity index (χ2v) is 6.44. The minimum Gasteiger partial charge on any atom is -0.334 e. The van der Waals surface area contributed by atoms with E-state index in [1.54, 1.807) is 23.0 Å². The molecule has 2 aromatic carbocycles. The monoisotopic (exact) mass is 369 g/mol. The fraction of sp³-hybridized carbons (Fsp3) is 0.211.